The van der Waals surface area contributed by atoms with Gasteiger partial charge < -0.3 is 19.9 Å². The molecule has 0 radical (unpaired) electrons. The summed E-state index contributed by atoms with van der Waals surface area (Å²) in [6, 6.07) is 17.4. The van der Waals surface area contributed by atoms with Crippen LogP contribution in [0.4, 0.5) is 23.3 Å². The van der Waals surface area contributed by atoms with Crippen molar-refractivity contribution in [1.82, 2.24) is 19.9 Å². The van der Waals surface area contributed by atoms with Gasteiger partial charge in [0, 0.05) is 37.7 Å². The topological polar surface area (TPSA) is 330 Å². The van der Waals surface area contributed by atoms with Crippen molar-refractivity contribution in [1.29, 1.82) is 0 Å². The molecule has 0 unspecified atom stereocenters. The highest BCUT2D eigenvalue weighted by Gasteiger charge is 2.39. The molecule has 8 N–H and O–H groups in total. The fraction of sp³-hybridized carbons (Fsp3) is 0. The monoisotopic (exact) mass is 870 g/mol. The van der Waals surface area contributed by atoms with E-state index in [4.69, 9.17) is 21.6 Å². The number of nitrogens with zero attached hydrogens (tertiary/aromatic N) is 4. The first-order valence-electron chi connectivity index (χ1n) is 15.8. The number of fused-ring (bicyclic) bond motifs is 20. The van der Waals surface area contributed by atoms with E-state index in [1.54, 1.807) is 48.5 Å². The summed E-state index contributed by atoms with van der Waals surface area (Å²) >= 11 is 6.53. The van der Waals surface area contributed by atoms with Gasteiger partial charge in [-0.3, -0.25) is 18.2 Å². The van der Waals surface area contributed by atoms with Gasteiger partial charge in [-0.15, -0.1) is 0 Å². The van der Waals surface area contributed by atoms with Crippen LogP contribution in [0, 0.1) is 0 Å². The van der Waals surface area contributed by atoms with Crippen LogP contribution in [0.15, 0.2) is 106 Å². The zero-order chi connectivity index (χ0) is 40.6. The molecule has 9 rings (SSSR count). The van der Waals surface area contributed by atoms with E-state index in [1.165, 1.54) is 12.1 Å². The Morgan fingerprint density at radius 3 is 1.35 bits per heavy atom. The summed E-state index contributed by atoms with van der Waals surface area (Å²) in [6.07, 6.45) is 0. The normalized spacial score (nSPS) is 13.8. The lowest BCUT2D eigenvalue weighted by Crippen LogP contribution is -2.18. The van der Waals surface area contributed by atoms with Crippen molar-refractivity contribution >= 4 is 118 Å². The number of nitrogens with one attached hydrogen (secondary N) is 4. The Hall–Kier alpha value is -5.83. The number of aromatic amines is 4. The van der Waals surface area contributed by atoms with Crippen LogP contribution < -0.4 is 22.0 Å². The maximum Gasteiger partial charge on any atom is 0.297 e. The Balaban J connectivity index is 1.62. The van der Waals surface area contributed by atoms with Gasteiger partial charge in [0.25, 0.3) is 40.5 Å². The summed E-state index contributed by atoms with van der Waals surface area (Å²) in [4.78, 5) is 23.7. The van der Waals surface area contributed by atoms with Crippen LogP contribution in [0.1, 0.15) is 0 Å². The third-order valence-corrected chi connectivity index (χ3v) is 13.5. The Morgan fingerprint density at radius 1 is 0.404 bits per heavy atom. The van der Waals surface area contributed by atoms with Gasteiger partial charge in [-0.05, 0) is 6.07 Å². The van der Waals surface area contributed by atoms with Crippen molar-refractivity contribution in [2.75, 3.05) is 0 Å². The quantitative estimate of drug-likeness (QED) is 0.118. The number of hydrogen-bond acceptors (Lipinski definition) is 12. The SMILES string of the molecule is O=S(=O)(O)c1c(S(=O)(=O)O)c(S(=O)(=O)O)c2c3[nH]c(c2c1Cl)=Nc1[nH]c(c2ccccc12)N=c1[nH]c(c2ccccc12)=Nc1[nH]c(c2c(S(=O)(=O)O)cccc12)N=3. The predicted octanol–water partition coefficient (Wildman–Crippen LogP) is 3.37. The minimum Gasteiger partial charge on any atom is -0.324 e. The molecule has 20 nitrogen and oxygen atoms in total. The molecule has 25 heteroatoms. The lowest BCUT2D eigenvalue weighted by atomic mass is 10.2. The molecule has 4 aromatic carbocycles. The molecule has 0 atom stereocenters. The van der Waals surface area contributed by atoms with Crippen LogP contribution in [0.5, 0.6) is 0 Å². The second kappa shape index (κ2) is 12.1. The van der Waals surface area contributed by atoms with Crippen molar-refractivity contribution < 1.29 is 51.9 Å². The molecule has 0 amide bonds. The molecule has 0 saturated carbocycles. The average Bonchev–Trinajstić information content (AvgIpc) is 3.85. The second-order valence-electron chi connectivity index (χ2n) is 12.5. The van der Waals surface area contributed by atoms with Crippen LogP contribution in [0.25, 0.3) is 43.1 Å². The highest BCUT2D eigenvalue weighted by atomic mass is 35.5. The minimum absolute atomic E-state index is 0.0232. The first-order valence-corrected chi connectivity index (χ1v) is 21.9. The van der Waals surface area contributed by atoms with Gasteiger partial charge in [0.15, 0.2) is 0 Å². The molecular formula is C32H19ClN8O12S4. The zero-order valence-electron chi connectivity index (χ0n) is 27.7. The first-order chi connectivity index (χ1) is 26.7. The van der Waals surface area contributed by atoms with Gasteiger partial charge in [0.1, 0.15) is 64.8 Å². The highest BCUT2D eigenvalue weighted by molar-refractivity contribution is 7.90. The van der Waals surface area contributed by atoms with Crippen LogP contribution in [0.3, 0.4) is 0 Å². The van der Waals surface area contributed by atoms with Gasteiger partial charge in [-0.1, -0.05) is 72.3 Å². The predicted molar refractivity (Wildman–Crippen MR) is 201 cm³/mol. The number of aromatic nitrogens is 4. The Labute approximate surface area is 322 Å². The van der Waals surface area contributed by atoms with Crippen LogP contribution in [-0.2, 0) is 40.5 Å². The van der Waals surface area contributed by atoms with Crippen molar-refractivity contribution in [3.63, 3.8) is 0 Å². The van der Waals surface area contributed by atoms with Crippen molar-refractivity contribution in [2.24, 2.45) is 20.0 Å². The van der Waals surface area contributed by atoms with Gasteiger partial charge in [-0.2, -0.15) is 33.7 Å². The van der Waals surface area contributed by atoms with Crippen molar-refractivity contribution in [3.05, 3.63) is 93.7 Å². The van der Waals surface area contributed by atoms with E-state index in [-0.39, 0.29) is 33.7 Å². The summed E-state index contributed by atoms with van der Waals surface area (Å²) in [5, 5.41) is -1.19. The number of H-pyrrole nitrogens is 4. The molecular weight excluding hydrogens is 852 g/mol. The smallest absolute Gasteiger partial charge is 0.297 e. The molecule has 5 heterocycles. The van der Waals surface area contributed by atoms with E-state index in [0.29, 0.717) is 27.0 Å². The third kappa shape index (κ3) is 5.76. The van der Waals surface area contributed by atoms with E-state index in [9.17, 15) is 51.9 Å². The molecule has 0 aliphatic carbocycles. The van der Waals surface area contributed by atoms with E-state index in [2.05, 4.69) is 29.9 Å². The van der Waals surface area contributed by atoms with Crippen molar-refractivity contribution in [2.45, 2.75) is 19.6 Å². The molecule has 8 bridgehead atoms. The Kier molecular flexibility index (Phi) is 7.80. The Morgan fingerprint density at radius 2 is 0.825 bits per heavy atom. The zero-order valence-corrected chi connectivity index (χ0v) is 31.7. The number of benzene rings is 4. The first kappa shape index (κ1) is 36.8. The van der Waals surface area contributed by atoms with Gasteiger partial charge in [0.05, 0.1) is 10.4 Å². The van der Waals surface area contributed by atoms with Crippen LogP contribution in [-0.4, -0.2) is 71.8 Å². The molecule has 290 valence electrons. The molecule has 0 spiro atoms. The lowest BCUT2D eigenvalue weighted by molar-refractivity contribution is 0.457. The standard InChI is InChI=1S/C32H19ClN8O12S4/c33-21-19-20(22(55(45,46)47)24(57(51,52)53)23(21)56(48,49)50)32-40-30-18-16(10-5-11-17(18)54(42,43)44)29(39-30)37-27-13-7-2-1-6-12(13)25(35-27)34-26-14-8-3-4-9-15(14)28(36-26)38-31(19)41-32/h1-11H,(H,42,43,44)(H,45,46,47)(H,48,49,50)(H,51,52,53)(H4,34,35,36,37,38,39,40,41). The fourth-order valence-electron chi connectivity index (χ4n) is 6.90. The molecule has 0 fully saturated rings. The molecule has 0 saturated heterocycles. The van der Waals surface area contributed by atoms with Gasteiger partial charge in [0.2, 0.25) is 0 Å². The average molecular weight is 871 g/mol. The van der Waals surface area contributed by atoms with E-state index in [0.717, 1.165) is 6.07 Å². The van der Waals surface area contributed by atoms with Gasteiger partial charge >= 0.3 is 0 Å². The van der Waals surface area contributed by atoms with Gasteiger partial charge in [-0.25, -0.2) is 20.0 Å². The van der Waals surface area contributed by atoms with E-state index in [1.807, 2.05) is 0 Å². The number of rotatable bonds is 4. The maximum atomic E-state index is 13.2. The number of halogens is 1. The van der Waals surface area contributed by atoms with Crippen LogP contribution >= 0.6 is 11.6 Å². The third-order valence-electron chi connectivity index (χ3n) is 9.07. The number of hydrogen-bond donors (Lipinski definition) is 8. The van der Waals surface area contributed by atoms with Crippen LogP contribution in [0.2, 0.25) is 5.02 Å². The maximum absolute atomic E-state index is 13.2. The van der Waals surface area contributed by atoms with E-state index >= 15 is 0 Å². The molecule has 8 aromatic rings. The molecule has 1 aliphatic heterocycles. The summed E-state index contributed by atoms with van der Waals surface area (Å²) in [5.41, 5.74) is -0.809. The molecule has 57 heavy (non-hydrogen) atoms. The highest BCUT2D eigenvalue weighted by Crippen LogP contribution is 2.42. The fourth-order valence-corrected chi connectivity index (χ4v) is 11.7. The summed E-state index contributed by atoms with van der Waals surface area (Å²) in [7, 11) is -22.9. The van der Waals surface area contributed by atoms with E-state index < -0.39 is 92.6 Å². The second-order valence-corrected chi connectivity index (χ2v) is 18.3. The largest absolute Gasteiger partial charge is 0.324 e. The summed E-state index contributed by atoms with van der Waals surface area (Å²) in [5.74, 6) is -0.353. The lowest BCUT2D eigenvalue weighted by Gasteiger charge is -2.12. The summed E-state index contributed by atoms with van der Waals surface area (Å²) in [6.45, 7) is 0. The minimum atomic E-state index is -6.01. The Bertz CT molecular complexity index is 3890. The van der Waals surface area contributed by atoms with Crippen molar-refractivity contribution in [3.8, 4) is 0 Å². The molecule has 1 aliphatic rings. The molecule has 4 aromatic heterocycles. The summed E-state index contributed by atoms with van der Waals surface area (Å²) < 4.78 is 144.